The van der Waals surface area contributed by atoms with Gasteiger partial charge in [0.05, 0.1) is 17.1 Å². The third-order valence-electron chi connectivity index (χ3n) is 2.86. The van der Waals surface area contributed by atoms with Gasteiger partial charge in [0.25, 0.3) is 0 Å². The SMILES string of the molecule is CC1CCC(COc2cc(F)ccc2[N+](=O)[O-])O1. The Morgan fingerprint density at radius 2 is 2.33 bits per heavy atom. The lowest BCUT2D eigenvalue weighted by atomic mass is 10.2. The molecule has 18 heavy (non-hydrogen) atoms. The standard InChI is InChI=1S/C12H14FNO4/c1-8-2-4-10(18-8)7-17-12-6-9(13)3-5-11(12)14(15)16/h3,5-6,8,10H,2,4,7H2,1H3. The van der Waals surface area contributed by atoms with Gasteiger partial charge >= 0.3 is 5.69 Å². The van der Waals surface area contributed by atoms with Crippen LogP contribution in [0.15, 0.2) is 18.2 Å². The van der Waals surface area contributed by atoms with Crippen LogP contribution in [0.25, 0.3) is 0 Å². The molecule has 0 N–H and O–H groups in total. The molecule has 6 heteroatoms. The van der Waals surface area contributed by atoms with Crippen LogP contribution in [0.5, 0.6) is 5.75 Å². The monoisotopic (exact) mass is 255 g/mol. The van der Waals surface area contributed by atoms with Crippen molar-refractivity contribution in [2.75, 3.05) is 6.61 Å². The molecule has 0 aromatic heterocycles. The molecule has 1 aromatic carbocycles. The highest BCUT2D eigenvalue weighted by molar-refractivity contribution is 5.46. The van der Waals surface area contributed by atoms with Crippen LogP contribution in [0.4, 0.5) is 10.1 Å². The zero-order valence-corrected chi connectivity index (χ0v) is 9.97. The van der Waals surface area contributed by atoms with E-state index in [4.69, 9.17) is 9.47 Å². The van der Waals surface area contributed by atoms with Gasteiger partial charge in [0.15, 0.2) is 5.75 Å². The minimum atomic E-state index is -0.590. The molecule has 0 aliphatic carbocycles. The summed E-state index contributed by atoms with van der Waals surface area (Å²) in [5.74, 6) is -0.612. The number of benzene rings is 1. The molecule has 1 fully saturated rings. The Hall–Kier alpha value is -1.69. The molecule has 1 saturated heterocycles. The minimum Gasteiger partial charge on any atom is -0.484 e. The predicted molar refractivity (Wildman–Crippen MR) is 62.1 cm³/mol. The molecule has 2 unspecified atom stereocenters. The number of nitrogens with zero attached hydrogens (tertiary/aromatic N) is 1. The maximum atomic E-state index is 13.0. The predicted octanol–water partition coefficient (Wildman–Crippen LogP) is 2.68. The summed E-state index contributed by atoms with van der Waals surface area (Å²) in [6.07, 6.45) is 1.90. The van der Waals surface area contributed by atoms with Crippen molar-refractivity contribution in [2.45, 2.75) is 32.0 Å². The second kappa shape index (κ2) is 5.30. The highest BCUT2D eigenvalue weighted by Crippen LogP contribution is 2.28. The fourth-order valence-corrected chi connectivity index (χ4v) is 1.94. The first kappa shape index (κ1) is 12.8. The molecule has 5 nitrogen and oxygen atoms in total. The average molecular weight is 255 g/mol. The zero-order valence-electron chi connectivity index (χ0n) is 9.97. The number of nitro groups is 1. The van der Waals surface area contributed by atoms with Gasteiger partial charge in [-0.2, -0.15) is 0 Å². The van der Waals surface area contributed by atoms with Gasteiger partial charge < -0.3 is 9.47 Å². The number of hydrogen-bond donors (Lipinski definition) is 0. The second-order valence-electron chi connectivity index (χ2n) is 4.33. The lowest BCUT2D eigenvalue weighted by Crippen LogP contribution is -2.18. The van der Waals surface area contributed by atoms with Crippen LogP contribution in [0, 0.1) is 15.9 Å². The Bertz CT molecular complexity index is 452. The van der Waals surface area contributed by atoms with Crippen molar-refractivity contribution in [3.05, 3.63) is 34.1 Å². The van der Waals surface area contributed by atoms with E-state index in [9.17, 15) is 14.5 Å². The molecule has 2 atom stereocenters. The first-order valence-corrected chi connectivity index (χ1v) is 5.78. The van der Waals surface area contributed by atoms with Crippen LogP contribution >= 0.6 is 0 Å². The van der Waals surface area contributed by atoms with Gasteiger partial charge in [0.1, 0.15) is 12.4 Å². The summed E-state index contributed by atoms with van der Waals surface area (Å²) in [5.41, 5.74) is -0.234. The maximum Gasteiger partial charge on any atom is 0.311 e. The molecule has 1 aromatic rings. The molecule has 0 bridgehead atoms. The van der Waals surface area contributed by atoms with Crippen LogP contribution < -0.4 is 4.74 Å². The molecular weight excluding hydrogens is 241 g/mol. The van der Waals surface area contributed by atoms with E-state index in [1.165, 1.54) is 0 Å². The number of nitro benzene ring substituents is 1. The van der Waals surface area contributed by atoms with Crippen molar-refractivity contribution in [1.29, 1.82) is 0 Å². The van der Waals surface area contributed by atoms with Gasteiger partial charge in [-0.3, -0.25) is 10.1 Å². The van der Waals surface area contributed by atoms with Crippen LogP contribution in [-0.4, -0.2) is 23.7 Å². The highest BCUT2D eigenvalue weighted by atomic mass is 19.1. The molecule has 1 aliphatic rings. The smallest absolute Gasteiger partial charge is 0.311 e. The number of rotatable bonds is 4. The summed E-state index contributed by atoms with van der Waals surface area (Å²) in [7, 11) is 0. The fourth-order valence-electron chi connectivity index (χ4n) is 1.94. The van der Waals surface area contributed by atoms with Crippen molar-refractivity contribution >= 4 is 5.69 Å². The summed E-state index contributed by atoms with van der Waals surface area (Å²) in [6, 6.07) is 3.17. The van der Waals surface area contributed by atoms with Crippen molar-refractivity contribution in [1.82, 2.24) is 0 Å². The molecule has 1 aliphatic heterocycles. The van der Waals surface area contributed by atoms with E-state index in [0.717, 1.165) is 31.0 Å². The maximum absolute atomic E-state index is 13.0. The quantitative estimate of drug-likeness (QED) is 0.613. The molecule has 1 heterocycles. The summed E-state index contributed by atoms with van der Waals surface area (Å²) in [4.78, 5) is 10.2. The first-order chi connectivity index (χ1) is 8.56. The lowest BCUT2D eigenvalue weighted by molar-refractivity contribution is -0.386. The number of hydrogen-bond acceptors (Lipinski definition) is 4. The Kier molecular flexibility index (Phi) is 3.76. The van der Waals surface area contributed by atoms with Gasteiger partial charge in [-0.1, -0.05) is 0 Å². The van der Waals surface area contributed by atoms with Crippen molar-refractivity contribution in [2.24, 2.45) is 0 Å². The number of ether oxygens (including phenoxy) is 2. The summed E-state index contributed by atoms with van der Waals surface area (Å²) in [5, 5.41) is 10.8. The third-order valence-corrected chi connectivity index (χ3v) is 2.86. The van der Waals surface area contributed by atoms with E-state index in [1.807, 2.05) is 6.92 Å². The largest absolute Gasteiger partial charge is 0.484 e. The topological polar surface area (TPSA) is 61.6 Å². The molecular formula is C12H14FNO4. The van der Waals surface area contributed by atoms with E-state index >= 15 is 0 Å². The van der Waals surface area contributed by atoms with Gasteiger partial charge in [0.2, 0.25) is 0 Å². The number of halogens is 1. The minimum absolute atomic E-state index is 0.0526. The molecule has 2 rings (SSSR count). The van der Waals surface area contributed by atoms with E-state index in [2.05, 4.69) is 0 Å². The average Bonchev–Trinajstić information content (AvgIpc) is 2.72. The summed E-state index contributed by atoms with van der Waals surface area (Å²) >= 11 is 0. The van der Waals surface area contributed by atoms with Crippen molar-refractivity contribution < 1.29 is 18.8 Å². The normalized spacial score (nSPS) is 23.0. The van der Waals surface area contributed by atoms with Crippen LogP contribution in [0.2, 0.25) is 0 Å². The second-order valence-corrected chi connectivity index (χ2v) is 4.33. The van der Waals surface area contributed by atoms with Crippen LogP contribution in [-0.2, 0) is 4.74 Å². The van der Waals surface area contributed by atoms with Crippen LogP contribution in [0.3, 0.4) is 0 Å². The molecule has 0 amide bonds. The van der Waals surface area contributed by atoms with Gasteiger partial charge in [-0.15, -0.1) is 0 Å². The first-order valence-electron chi connectivity index (χ1n) is 5.78. The Morgan fingerprint density at radius 3 is 2.94 bits per heavy atom. The van der Waals surface area contributed by atoms with Crippen molar-refractivity contribution in [3.63, 3.8) is 0 Å². The van der Waals surface area contributed by atoms with E-state index in [1.54, 1.807) is 0 Å². The molecule has 98 valence electrons. The molecule has 0 radical (unpaired) electrons. The Morgan fingerprint density at radius 1 is 1.56 bits per heavy atom. The summed E-state index contributed by atoms with van der Waals surface area (Å²) < 4.78 is 23.9. The molecule has 0 saturated carbocycles. The zero-order chi connectivity index (χ0) is 13.1. The third kappa shape index (κ3) is 2.95. The highest BCUT2D eigenvalue weighted by Gasteiger charge is 2.24. The van der Waals surface area contributed by atoms with Crippen LogP contribution in [0.1, 0.15) is 19.8 Å². The van der Waals surface area contributed by atoms with Crippen molar-refractivity contribution in [3.8, 4) is 5.75 Å². The van der Waals surface area contributed by atoms with Gasteiger partial charge in [-0.05, 0) is 25.8 Å². The van der Waals surface area contributed by atoms with E-state index in [-0.39, 0.29) is 30.3 Å². The Balaban J connectivity index is 2.04. The molecule has 0 spiro atoms. The van der Waals surface area contributed by atoms with Gasteiger partial charge in [-0.25, -0.2) is 4.39 Å². The summed E-state index contributed by atoms with van der Waals surface area (Å²) in [6.45, 7) is 2.17. The van der Waals surface area contributed by atoms with Gasteiger partial charge in [0, 0.05) is 12.1 Å². The van der Waals surface area contributed by atoms with E-state index < -0.39 is 10.7 Å². The van der Waals surface area contributed by atoms with E-state index in [0.29, 0.717) is 0 Å². The Labute approximate surface area is 104 Å². The lowest BCUT2D eigenvalue weighted by Gasteiger charge is -2.12. The fraction of sp³-hybridized carbons (Fsp3) is 0.500.